The Morgan fingerprint density at radius 3 is 1.95 bits per heavy atom. The van der Waals surface area contributed by atoms with Crippen LogP contribution in [0.15, 0.2) is 24.3 Å². The summed E-state index contributed by atoms with van der Waals surface area (Å²) in [6, 6.07) is 4.23. The Hall–Kier alpha value is -2.85. The second-order valence-electron chi connectivity index (χ2n) is 9.59. The fraction of sp³-hybridized carbons (Fsp3) is 0.519. The summed E-state index contributed by atoms with van der Waals surface area (Å²) in [6.07, 6.45) is 6.55. The van der Waals surface area contributed by atoms with E-state index in [1.54, 1.807) is 0 Å². The maximum atomic E-state index is 14.4. The van der Waals surface area contributed by atoms with E-state index in [-0.39, 0.29) is 24.4 Å². The Kier molecular flexibility index (Phi) is 11.2. The van der Waals surface area contributed by atoms with Gasteiger partial charge in [0.15, 0.2) is 0 Å². The molecule has 1 aliphatic rings. The number of hydrogen-bond acceptors (Lipinski definition) is 6. The molecular formula is C27H33F5NO6P. The SMILES string of the molecule is CCC(CC)COC(=O)[C@H](C)NP(=O)(Oc1ccc(OC2CCCCC2)cc1)Oc1c(F)c(F)c(F)c(F)c1F. The van der Waals surface area contributed by atoms with E-state index >= 15 is 0 Å². The molecular weight excluding hydrogens is 560 g/mol. The highest BCUT2D eigenvalue weighted by molar-refractivity contribution is 7.52. The molecule has 1 fully saturated rings. The van der Waals surface area contributed by atoms with Gasteiger partial charge in [0.25, 0.3) is 0 Å². The molecule has 0 radical (unpaired) electrons. The fourth-order valence-electron chi connectivity index (χ4n) is 4.09. The molecule has 0 bridgehead atoms. The third kappa shape index (κ3) is 8.10. The van der Waals surface area contributed by atoms with E-state index in [1.807, 2.05) is 13.8 Å². The van der Waals surface area contributed by atoms with Crippen molar-refractivity contribution in [1.29, 1.82) is 0 Å². The van der Waals surface area contributed by atoms with Gasteiger partial charge in [-0.3, -0.25) is 4.79 Å². The van der Waals surface area contributed by atoms with Crippen molar-refractivity contribution in [3.8, 4) is 17.2 Å². The van der Waals surface area contributed by atoms with Gasteiger partial charge in [0.2, 0.25) is 34.8 Å². The first-order valence-corrected chi connectivity index (χ1v) is 14.7. The minimum absolute atomic E-state index is 0.0395. The monoisotopic (exact) mass is 593 g/mol. The van der Waals surface area contributed by atoms with E-state index < -0.39 is 54.6 Å². The molecule has 1 N–H and O–H groups in total. The Morgan fingerprint density at radius 2 is 1.40 bits per heavy atom. The van der Waals surface area contributed by atoms with Crippen molar-refractivity contribution in [2.24, 2.45) is 5.92 Å². The number of rotatable bonds is 13. The number of esters is 1. The maximum absolute atomic E-state index is 14.4. The fourth-order valence-corrected chi connectivity index (χ4v) is 5.61. The lowest BCUT2D eigenvalue weighted by molar-refractivity contribution is -0.146. The summed E-state index contributed by atoms with van der Waals surface area (Å²) in [6.45, 7) is 5.10. The summed E-state index contributed by atoms with van der Waals surface area (Å²) in [5.41, 5.74) is 0. The normalized spacial score (nSPS) is 16.3. The van der Waals surface area contributed by atoms with Crippen LogP contribution in [0.3, 0.4) is 0 Å². The van der Waals surface area contributed by atoms with Gasteiger partial charge in [0, 0.05) is 0 Å². The number of halogens is 5. The smallest absolute Gasteiger partial charge is 0.490 e. The van der Waals surface area contributed by atoms with Crippen molar-refractivity contribution in [2.75, 3.05) is 6.61 Å². The van der Waals surface area contributed by atoms with Crippen LogP contribution in [0.25, 0.3) is 0 Å². The minimum atomic E-state index is -5.02. The lowest BCUT2D eigenvalue weighted by atomic mass is 9.98. The summed E-state index contributed by atoms with van der Waals surface area (Å²) in [5, 5.41) is 2.17. The van der Waals surface area contributed by atoms with E-state index in [1.165, 1.54) is 31.2 Å². The van der Waals surface area contributed by atoms with Crippen molar-refractivity contribution in [3.63, 3.8) is 0 Å². The average Bonchev–Trinajstić information content (AvgIpc) is 2.95. The van der Waals surface area contributed by atoms with Crippen LogP contribution in [0.5, 0.6) is 17.2 Å². The molecule has 0 heterocycles. The van der Waals surface area contributed by atoms with E-state index in [4.69, 9.17) is 18.5 Å². The Balaban J connectivity index is 1.84. The molecule has 0 spiro atoms. The van der Waals surface area contributed by atoms with Gasteiger partial charge in [-0.2, -0.15) is 13.9 Å². The van der Waals surface area contributed by atoms with Gasteiger partial charge >= 0.3 is 13.7 Å². The van der Waals surface area contributed by atoms with Gasteiger partial charge in [-0.05, 0) is 62.8 Å². The Morgan fingerprint density at radius 1 is 0.875 bits per heavy atom. The minimum Gasteiger partial charge on any atom is -0.490 e. The first-order chi connectivity index (χ1) is 19.0. The highest BCUT2D eigenvalue weighted by Crippen LogP contribution is 2.48. The molecule has 222 valence electrons. The summed E-state index contributed by atoms with van der Waals surface area (Å²) in [5.74, 6) is -14.1. The van der Waals surface area contributed by atoms with Crippen molar-refractivity contribution >= 4 is 13.7 Å². The summed E-state index contributed by atoms with van der Waals surface area (Å²) in [7, 11) is -5.02. The number of ether oxygens (including phenoxy) is 2. The largest absolute Gasteiger partial charge is 0.513 e. The first kappa shape index (κ1) is 31.7. The van der Waals surface area contributed by atoms with Gasteiger partial charge < -0.3 is 18.5 Å². The molecule has 1 saturated carbocycles. The Labute approximate surface area is 229 Å². The third-order valence-electron chi connectivity index (χ3n) is 6.61. The number of hydrogen-bond donors (Lipinski definition) is 1. The van der Waals surface area contributed by atoms with Crippen molar-refractivity contribution < 1.29 is 49.8 Å². The van der Waals surface area contributed by atoms with Gasteiger partial charge in [-0.25, -0.2) is 17.7 Å². The molecule has 1 aliphatic carbocycles. The van der Waals surface area contributed by atoms with Gasteiger partial charge in [0.1, 0.15) is 17.5 Å². The van der Waals surface area contributed by atoms with Gasteiger partial charge in [-0.1, -0.05) is 33.1 Å². The van der Waals surface area contributed by atoms with Crippen LogP contribution in [0.2, 0.25) is 0 Å². The van der Waals surface area contributed by atoms with Crippen LogP contribution in [-0.2, 0) is 14.1 Å². The van der Waals surface area contributed by atoms with Crippen LogP contribution < -0.4 is 18.9 Å². The molecule has 0 amide bonds. The molecule has 2 aromatic carbocycles. The van der Waals surface area contributed by atoms with Crippen molar-refractivity contribution in [3.05, 3.63) is 53.4 Å². The molecule has 40 heavy (non-hydrogen) atoms. The summed E-state index contributed by atoms with van der Waals surface area (Å²) < 4.78 is 105. The molecule has 0 aliphatic heterocycles. The highest BCUT2D eigenvalue weighted by Gasteiger charge is 2.38. The van der Waals surface area contributed by atoms with Gasteiger partial charge in [0.05, 0.1) is 12.7 Å². The first-order valence-electron chi connectivity index (χ1n) is 13.2. The van der Waals surface area contributed by atoms with Gasteiger partial charge in [-0.15, -0.1) is 0 Å². The molecule has 7 nitrogen and oxygen atoms in total. The van der Waals surface area contributed by atoms with Crippen LogP contribution in [0, 0.1) is 35.0 Å². The second-order valence-corrected chi connectivity index (χ2v) is 11.2. The highest BCUT2D eigenvalue weighted by atomic mass is 31.2. The number of benzene rings is 2. The van der Waals surface area contributed by atoms with Crippen LogP contribution in [-0.4, -0.2) is 24.7 Å². The van der Waals surface area contributed by atoms with Crippen LogP contribution >= 0.6 is 7.75 Å². The number of nitrogens with one attached hydrogen (secondary N) is 1. The van der Waals surface area contributed by atoms with E-state index in [2.05, 4.69) is 5.09 Å². The number of carbonyl (C=O) groups is 1. The zero-order valence-electron chi connectivity index (χ0n) is 22.5. The van der Waals surface area contributed by atoms with Crippen molar-refractivity contribution in [1.82, 2.24) is 5.09 Å². The number of carbonyl (C=O) groups excluding carboxylic acids is 1. The van der Waals surface area contributed by atoms with Crippen LogP contribution in [0.4, 0.5) is 22.0 Å². The Bertz CT molecular complexity index is 1180. The van der Waals surface area contributed by atoms with Crippen molar-refractivity contribution in [2.45, 2.75) is 77.9 Å². The molecule has 1 unspecified atom stereocenters. The lowest BCUT2D eigenvalue weighted by Crippen LogP contribution is -2.36. The molecule has 0 aromatic heterocycles. The quantitative estimate of drug-likeness (QED) is 0.0841. The zero-order chi connectivity index (χ0) is 29.4. The summed E-state index contributed by atoms with van der Waals surface area (Å²) >= 11 is 0. The van der Waals surface area contributed by atoms with E-state index in [0.29, 0.717) is 5.75 Å². The molecule has 2 atom stereocenters. The lowest BCUT2D eigenvalue weighted by Gasteiger charge is -2.25. The second kappa shape index (κ2) is 14.2. The van der Waals surface area contributed by atoms with E-state index in [9.17, 15) is 31.3 Å². The molecule has 2 aromatic rings. The standard InChI is InChI=1S/C27H33F5NO6P/c1-4-17(5-2)15-36-27(34)16(3)33-40(35,39-26-24(31)22(29)21(28)23(30)25(26)32)38-20-13-11-19(12-14-20)37-18-9-7-6-8-10-18/h11-14,16-18H,4-10,15H2,1-3H3,(H,33,35)/t16-,40?/m0/s1. The maximum Gasteiger partial charge on any atom is 0.513 e. The predicted molar refractivity (Wildman–Crippen MR) is 137 cm³/mol. The predicted octanol–water partition coefficient (Wildman–Crippen LogP) is 7.62. The van der Waals surface area contributed by atoms with Crippen LogP contribution in [0.1, 0.15) is 65.7 Å². The van der Waals surface area contributed by atoms with E-state index in [0.717, 1.165) is 44.9 Å². The zero-order valence-corrected chi connectivity index (χ0v) is 23.4. The topological polar surface area (TPSA) is 83.1 Å². The molecule has 0 saturated heterocycles. The molecule has 13 heteroatoms. The average molecular weight is 594 g/mol. The molecule has 3 rings (SSSR count). The third-order valence-corrected chi connectivity index (χ3v) is 8.18. The summed E-state index contributed by atoms with van der Waals surface area (Å²) in [4.78, 5) is 12.5.